The van der Waals surface area contributed by atoms with E-state index in [4.69, 9.17) is 10.8 Å². The largest absolute Gasteiger partial charge is 0.507 e. The van der Waals surface area contributed by atoms with Gasteiger partial charge in [-0.05, 0) is 17.7 Å². The maximum Gasteiger partial charge on any atom is 0.205 e. The molecule has 0 radical (unpaired) electrons. The van der Waals surface area contributed by atoms with Gasteiger partial charge < -0.3 is 15.9 Å². The van der Waals surface area contributed by atoms with Crippen molar-refractivity contribution in [2.75, 3.05) is 11.2 Å². The molecule has 6 nitrogen and oxygen atoms in total. The van der Waals surface area contributed by atoms with Gasteiger partial charge in [-0.15, -0.1) is 11.3 Å². The summed E-state index contributed by atoms with van der Waals surface area (Å²) in [7, 11) is 0. The van der Waals surface area contributed by atoms with Crippen molar-refractivity contribution in [2.45, 2.75) is 6.61 Å². The summed E-state index contributed by atoms with van der Waals surface area (Å²) in [5, 5.41) is 24.8. The number of benzene rings is 1. The van der Waals surface area contributed by atoms with Gasteiger partial charge in [0.2, 0.25) is 5.13 Å². The van der Waals surface area contributed by atoms with E-state index in [9.17, 15) is 5.11 Å². The quantitative estimate of drug-likeness (QED) is 0.493. The first-order valence-corrected chi connectivity index (χ1v) is 6.00. The Morgan fingerprint density at radius 3 is 3.00 bits per heavy atom. The van der Waals surface area contributed by atoms with E-state index in [-0.39, 0.29) is 12.4 Å². The minimum absolute atomic E-state index is 0.0858. The van der Waals surface area contributed by atoms with Gasteiger partial charge in [0.25, 0.3) is 0 Å². The molecule has 0 aliphatic rings. The van der Waals surface area contributed by atoms with Gasteiger partial charge in [0, 0.05) is 10.9 Å². The van der Waals surface area contributed by atoms with Crippen LogP contribution in [0.25, 0.3) is 0 Å². The zero-order valence-electron chi connectivity index (χ0n) is 9.37. The van der Waals surface area contributed by atoms with E-state index >= 15 is 0 Å². The van der Waals surface area contributed by atoms with Gasteiger partial charge in [0.05, 0.1) is 12.8 Å². The number of rotatable bonds is 4. The summed E-state index contributed by atoms with van der Waals surface area (Å²) in [6.07, 6.45) is 1.45. The Morgan fingerprint density at radius 1 is 1.50 bits per heavy atom. The van der Waals surface area contributed by atoms with Crippen LogP contribution in [0.3, 0.4) is 0 Å². The molecule has 0 saturated carbocycles. The summed E-state index contributed by atoms with van der Waals surface area (Å²) in [5.41, 5.74) is 9.38. The van der Waals surface area contributed by atoms with Crippen molar-refractivity contribution in [3.63, 3.8) is 0 Å². The van der Waals surface area contributed by atoms with E-state index in [1.165, 1.54) is 23.6 Å². The number of nitrogen functional groups attached to an aromatic ring is 1. The number of nitrogens with two attached hydrogens (primary N) is 1. The third-order valence-electron chi connectivity index (χ3n) is 2.16. The second kappa shape index (κ2) is 5.48. The fourth-order valence-corrected chi connectivity index (χ4v) is 1.85. The van der Waals surface area contributed by atoms with Gasteiger partial charge in [0.15, 0.2) is 0 Å². The minimum atomic E-state index is -0.0858. The van der Waals surface area contributed by atoms with Gasteiger partial charge in [-0.2, -0.15) is 5.10 Å². The summed E-state index contributed by atoms with van der Waals surface area (Å²) in [6, 6.07) is 4.80. The Bertz CT molecular complexity index is 568. The average molecular weight is 264 g/mol. The number of nitrogens with zero attached hydrogens (tertiary/aromatic N) is 2. The average Bonchev–Trinajstić information content (AvgIpc) is 2.77. The van der Waals surface area contributed by atoms with Crippen molar-refractivity contribution in [2.24, 2.45) is 5.10 Å². The molecule has 18 heavy (non-hydrogen) atoms. The predicted octanol–water partition coefficient (Wildman–Crippen LogP) is 1.37. The number of aromatic nitrogens is 1. The highest BCUT2D eigenvalue weighted by molar-refractivity contribution is 7.14. The lowest BCUT2D eigenvalue weighted by Gasteiger charge is -2.01. The van der Waals surface area contributed by atoms with E-state index in [1.54, 1.807) is 17.5 Å². The van der Waals surface area contributed by atoms with E-state index in [1.807, 2.05) is 0 Å². The van der Waals surface area contributed by atoms with Crippen LogP contribution in [0.5, 0.6) is 5.75 Å². The van der Waals surface area contributed by atoms with E-state index in [2.05, 4.69) is 15.5 Å². The predicted molar refractivity (Wildman–Crippen MR) is 71.8 cm³/mol. The SMILES string of the molecule is Nc1csc(NN=Cc2cc(CO)ccc2O)n1. The third-order valence-corrected chi connectivity index (χ3v) is 2.93. The first-order valence-electron chi connectivity index (χ1n) is 5.12. The smallest absolute Gasteiger partial charge is 0.205 e. The number of anilines is 2. The summed E-state index contributed by atoms with van der Waals surface area (Å²) >= 11 is 1.33. The molecule has 0 atom stereocenters. The van der Waals surface area contributed by atoms with Crippen LogP contribution in [0, 0.1) is 0 Å². The number of thiazole rings is 1. The molecule has 5 N–H and O–H groups in total. The molecule has 0 spiro atoms. The molecule has 0 fully saturated rings. The van der Waals surface area contributed by atoms with Gasteiger partial charge in [-0.25, -0.2) is 4.98 Å². The van der Waals surface area contributed by atoms with Crippen molar-refractivity contribution in [1.82, 2.24) is 4.98 Å². The fraction of sp³-hybridized carbons (Fsp3) is 0.0909. The van der Waals surface area contributed by atoms with Gasteiger partial charge in [0.1, 0.15) is 11.6 Å². The number of phenols is 1. The Hall–Kier alpha value is -2.12. The van der Waals surface area contributed by atoms with Crippen molar-refractivity contribution in [3.8, 4) is 5.75 Å². The van der Waals surface area contributed by atoms with Crippen molar-refractivity contribution < 1.29 is 10.2 Å². The second-order valence-electron chi connectivity index (χ2n) is 3.50. The Balaban J connectivity index is 2.08. The van der Waals surface area contributed by atoms with Gasteiger partial charge >= 0.3 is 0 Å². The maximum atomic E-state index is 9.60. The van der Waals surface area contributed by atoms with Gasteiger partial charge in [-0.3, -0.25) is 5.43 Å². The first kappa shape index (κ1) is 12.3. The minimum Gasteiger partial charge on any atom is -0.507 e. The highest BCUT2D eigenvalue weighted by Crippen LogP contribution is 2.18. The highest BCUT2D eigenvalue weighted by atomic mass is 32.1. The Morgan fingerprint density at radius 2 is 2.33 bits per heavy atom. The van der Waals surface area contributed by atoms with Crippen LogP contribution in [-0.2, 0) is 6.61 Å². The number of aliphatic hydroxyl groups excluding tert-OH is 1. The standard InChI is InChI=1S/C11H12N4O2S/c12-10-6-18-11(14-10)15-13-4-8-3-7(5-16)1-2-9(8)17/h1-4,6,16-17H,5,12H2,(H,14,15). The van der Waals surface area contributed by atoms with Crippen LogP contribution < -0.4 is 11.2 Å². The number of phenolic OH excluding ortho intramolecular Hbond substituents is 1. The maximum absolute atomic E-state index is 9.60. The molecule has 1 aromatic heterocycles. The number of nitrogens with one attached hydrogen (secondary N) is 1. The number of aromatic hydroxyl groups is 1. The highest BCUT2D eigenvalue weighted by Gasteiger charge is 2.00. The summed E-state index contributed by atoms with van der Waals surface area (Å²) in [5.74, 6) is 0.527. The summed E-state index contributed by atoms with van der Waals surface area (Å²) < 4.78 is 0. The number of aliphatic hydroxyl groups is 1. The van der Waals surface area contributed by atoms with Gasteiger partial charge in [-0.1, -0.05) is 6.07 Å². The van der Waals surface area contributed by atoms with E-state index in [0.29, 0.717) is 22.1 Å². The molecule has 0 unspecified atom stereocenters. The fourth-order valence-electron chi connectivity index (χ4n) is 1.30. The molecule has 0 saturated heterocycles. The topological polar surface area (TPSA) is 104 Å². The molecule has 0 amide bonds. The third kappa shape index (κ3) is 2.96. The molecule has 2 rings (SSSR count). The lowest BCUT2D eigenvalue weighted by molar-refractivity contribution is 0.281. The van der Waals surface area contributed by atoms with Crippen molar-refractivity contribution >= 4 is 28.5 Å². The lowest BCUT2D eigenvalue weighted by atomic mass is 10.1. The number of hydrogen-bond donors (Lipinski definition) is 4. The molecular formula is C11H12N4O2S. The van der Waals surface area contributed by atoms with Crippen LogP contribution in [0.4, 0.5) is 10.9 Å². The summed E-state index contributed by atoms with van der Waals surface area (Å²) in [4.78, 5) is 3.97. The van der Waals surface area contributed by atoms with Crippen LogP contribution in [0.1, 0.15) is 11.1 Å². The monoisotopic (exact) mass is 264 g/mol. The van der Waals surface area contributed by atoms with Crippen LogP contribution >= 0.6 is 11.3 Å². The van der Waals surface area contributed by atoms with Crippen molar-refractivity contribution in [1.29, 1.82) is 0 Å². The molecular weight excluding hydrogens is 252 g/mol. The Kier molecular flexibility index (Phi) is 3.75. The molecule has 0 bridgehead atoms. The molecule has 94 valence electrons. The number of hydrazone groups is 1. The molecule has 7 heteroatoms. The van der Waals surface area contributed by atoms with Crippen LogP contribution in [-0.4, -0.2) is 21.4 Å². The molecule has 1 heterocycles. The van der Waals surface area contributed by atoms with E-state index < -0.39 is 0 Å². The number of hydrogen-bond acceptors (Lipinski definition) is 7. The van der Waals surface area contributed by atoms with E-state index in [0.717, 1.165) is 0 Å². The van der Waals surface area contributed by atoms with Crippen LogP contribution in [0.15, 0.2) is 28.7 Å². The molecule has 0 aliphatic carbocycles. The molecule has 1 aromatic carbocycles. The Labute approximate surface area is 107 Å². The first-order chi connectivity index (χ1) is 8.69. The van der Waals surface area contributed by atoms with Crippen molar-refractivity contribution in [3.05, 3.63) is 34.7 Å². The second-order valence-corrected chi connectivity index (χ2v) is 4.36. The zero-order chi connectivity index (χ0) is 13.0. The molecule has 2 aromatic rings. The molecule has 0 aliphatic heterocycles. The normalized spacial score (nSPS) is 10.9. The van der Waals surface area contributed by atoms with Crippen LogP contribution in [0.2, 0.25) is 0 Å². The zero-order valence-corrected chi connectivity index (χ0v) is 10.2. The lowest BCUT2D eigenvalue weighted by Crippen LogP contribution is -1.93. The summed E-state index contributed by atoms with van der Waals surface area (Å²) in [6.45, 7) is -0.0858.